The van der Waals surface area contributed by atoms with Gasteiger partial charge in [0.25, 0.3) is 0 Å². The summed E-state index contributed by atoms with van der Waals surface area (Å²) in [6.45, 7) is 6.63. The molecular weight excluding hydrogens is 242 g/mol. The molecule has 1 aromatic carbocycles. The Kier molecular flexibility index (Phi) is 8.60. The fourth-order valence-corrected chi connectivity index (χ4v) is 2.83. The van der Waals surface area contributed by atoms with Gasteiger partial charge in [-0.25, -0.2) is 0 Å². The molecule has 0 saturated heterocycles. The summed E-state index contributed by atoms with van der Waals surface area (Å²) in [5.74, 6) is 0. The molecular formula is C19H33N. The quantitative estimate of drug-likeness (QED) is 0.534. The number of benzene rings is 1. The van der Waals surface area contributed by atoms with Gasteiger partial charge in [0.2, 0.25) is 0 Å². The zero-order valence-corrected chi connectivity index (χ0v) is 13.8. The van der Waals surface area contributed by atoms with Crippen molar-refractivity contribution in [1.82, 2.24) is 0 Å². The normalized spacial score (nSPS) is 12.6. The minimum Gasteiger partial charge on any atom is -0.324 e. The second-order valence-corrected chi connectivity index (χ2v) is 6.16. The molecule has 0 aromatic heterocycles. The Morgan fingerprint density at radius 2 is 1.50 bits per heavy atom. The highest BCUT2D eigenvalue weighted by molar-refractivity contribution is 5.35. The van der Waals surface area contributed by atoms with Crippen molar-refractivity contribution in [2.75, 3.05) is 0 Å². The summed E-state index contributed by atoms with van der Waals surface area (Å²) in [4.78, 5) is 0. The van der Waals surface area contributed by atoms with E-state index in [1.54, 1.807) is 0 Å². The van der Waals surface area contributed by atoms with Crippen LogP contribution in [-0.2, 0) is 0 Å². The number of aryl methyl sites for hydroxylation is 1. The van der Waals surface area contributed by atoms with Crippen molar-refractivity contribution in [3.63, 3.8) is 0 Å². The summed E-state index contributed by atoms with van der Waals surface area (Å²) in [7, 11) is 0. The van der Waals surface area contributed by atoms with Crippen molar-refractivity contribution in [1.29, 1.82) is 0 Å². The third kappa shape index (κ3) is 6.09. The third-order valence-corrected chi connectivity index (χ3v) is 4.41. The largest absolute Gasteiger partial charge is 0.324 e. The lowest BCUT2D eigenvalue weighted by atomic mass is 9.94. The Bertz CT molecular complexity index is 370. The molecule has 0 amide bonds. The van der Waals surface area contributed by atoms with Crippen LogP contribution < -0.4 is 5.73 Å². The molecule has 1 nitrogen and oxygen atoms in total. The SMILES string of the molecule is CCCCCCCCCCC(N)c1cccc(C)c1C. The van der Waals surface area contributed by atoms with E-state index >= 15 is 0 Å². The molecule has 2 N–H and O–H groups in total. The van der Waals surface area contributed by atoms with Crippen LogP contribution in [0, 0.1) is 13.8 Å². The molecule has 0 spiro atoms. The topological polar surface area (TPSA) is 26.0 Å². The highest BCUT2D eigenvalue weighted by Crippen LogP contribution is 2.23. The lowest BCUT2D eigenvalue weighted by molar-refractivity contribution is 0.535. The molecule has 1 heteroatoms. The van der Waals surface area contributed by atoms with Gasteiger partial charge in [0.15, 0.2) is 0 Å². The molecule has 0 aliphatic rings. The number of unbranched alkanes of at least 4 members (excludes halogenated alkanes) is 7. The molecule has 0 aliphatic carbocycles. The summed E-state index contributed by atoms with van der Waals surface area (Å²) in [6, 6.07) is 6.71. The average molecular weight is 275 g/mol. The van der Waals surface area contributed by atoms with Crippen molar-refractivity contribution < 1.29 is 0 Å². The highest BCUT2D eigenvalue weighted by atomic mass is 14.6. The van der Waals surface area contributed by atoms with E-state index in [1.807, 2.05) is 0 Å². The molecule has 0 radical (unpaired) electrons. The summed E-state index contributed by atoms with van der Waals surface area (Å²) in [5, 5.41) is 0. The van der Waals surface area contributed by atoms with Gasteiger partial charge in [-0.3, -0.25) is 0 Å². The number of hydrogen-bond acceptors (Lipinski definition) is 1. The molecule has 0 bridgehead atoms. The minimum atomic E-state index is 0.218. The average Bonchev–Trinajstić information content (AvgIpc) is 2.44. The zero-order chi connectivity index (χ0) is 14.8. The zero-order valence-electron chi connectivity index (χ0n) is 13.8. The van der Waals surface area contributed by atoms with E-state index in [-0.39, 0.29) is 6.04 Å². The van der Waals surface area contributed by atoms with E-state index in [9.17, 15) is 0 Å². The predicted molar refractivity (Wildman–Crippen MR) is 90.1 cm³/mol. The van der Waals surface area contributed by atoms with Gasteiger partial charge in [-0.05, 0) is 37.0 Å². The van der Waals surface area contributed by atoms with Gasteiger partial charge in [-0.1, -0.05) is 76.5 Å². The van der Waals surface area contributed by atoms with Gasteiger partial charge in [-0.15, -0.1) is 0 Å². The van der Waals surface area contributed by atoms with Crippen molar-refractivity contribution in [2.45, 2.75) is 84.6 Å². The van der Waals surface area contributed by atoms with Gasteiger partial charge >= 0.3 is 0 Å². The lowest BCUT2D eigenvalue weighted by Crippen LogP contribution is -2.12. The third-order valence-electron chi connectivity index (χ3n) is 4.41. The maximum atomic E-state index is 6.35. The van der Waals surface area contributed by atoms with Crippen molar-refractivity contribution in [2.24, 2.45) is 5.73 Å². The number of hydrogen-bond donors (Lipinski definition) is 1. The van der Waals surface area contributed by atoms with Crippen LogP contribution in [0.2, 0.25) is 0 Å². The van der Waals surface area contributed by atoms with Crippen molar-refractivity contribution >= 4 is 0 Å². The van der Waals surface area contributed by atoms with E-state index in [2.05, 4.69) is 39.0 Å². The molecule has 0 saturated carbocycles. The second kappa shape index (κ2) is 9.99. The maximum Gasteiger partial charge on any atom is 0.0297 e. The fourth-order valence-electron chi connectivity index (χ4n) is 2.83. The van der Waals surface area contributed by atoms with E-state index in [0.29, 0.717) is 0 Å². The van der Waals surface area contributed by atoms with Crippen LogP contribution in [0.1, 0.15) is 87.4 Å². The Hall–Kier alpha value is -0.820. The summed E-state index contributed by atoms with van der Waals surface area (Å²) < 4.78 is 0. The van der Waals surface area contributed by atoms with E-state index in [0.717, 1.165) is 6.42 Å². The molecule has 0 heterocycles. The van der Waals surface area contributed by atoms with Crippen LogP contribution in [0.3, 0.4) is 0 Å². The Morgan fingerprint density at radius 1 is 0.900 bits per heavy atom. The molecule has 0 aliphatic heterocycles. The molecule has 1 aromatic rings. The smallest absolute Gasteiger partial charge is 0.0297 e. The second-order valence-electron chi connectivity index (χ2n) is 6.16. The fraction of sp³-hybridized carbons (Fsp3) is 0.684. The molecule has 114 valence electrons. The highest BCUT2D eigenvalue weighted by Gasteiger charge is 2.09. The molecule has 20 heavy (non-hydrogen) atoms. The van der Waals surface area contributed by atoms with Crippen LogP contribution in [-0.4, -0.2) is 0 Å². The number of rotatable bonds is 10. The maximum absolute atomic E-state index is 6.35. The Balaban J connectivity index is 2.17. The first-order chi connectivity index (χ1) is 9.66. The van der Waals surface area contributed by atoms with Crippen molar-refractivity contribution in [3.05, 3.63) is 34.9 Å². The van der Waals surface area contributed by atoms with Gasteiger partial charge in [-0.2, -0.15) is 0 Å². The first kappa shape index (κ1) is 17.2. The molecule has 0 fully saturated rings. The van der Waals surface area contributed by atoms with Gasteiger partial charge in [0.05, 0.1) is 0 Å². The van der Waals surface area contributed by atoms with E-state index in [4.69, 9.17) is 5.73 Å². The Morgan fingerprint density at radius 3 is 2.15 bits per heavy atom. The first-order valence-corrected chi connectivity index (χ1v) is 8.48. The summed E-state index contributed by atoms with van der Waals surface area (Å²) in [5.41, 5.74) is 10.4. The van der Waals surface area contributed by atoms with Gasteiger partial charge in [0, 0.05) is 6.04 Å². The monoisotopic (exact) mass is 275 g/mol. The van der Waals surface area contributed by atoms with Crippen LogP contribution in [0.5, 0.6) is 0 Å². The van der Waals surface area contributed by atoms with Crippen LogP contribution in [0.25, 0.3) is 0 Å². The van der Waals surface area contributed by atoms with Gasteiger partial charge < -0.3 is 5.73 Å². The number of nitrogens with two attached hydrogens (primary N) is 1. The molecule has 1 atom stereocenters. The van der Waals surface area contributed by atoms with Crippen LogP contribution in [0.4, 0.5) is 0 Å². The van der Waals surface area contributed by atoms with Gasteiger partial charge in [0.1, 0.15) is 0 Å². The lowest BCUT2D eigenvalue weighted by Gasteiger charge is -2.16. The summed E-state index contributed by atoms with van der Waals surface area (Å²) in [6.07, 6.45) is 12.1. The predicted octanol–water partition coefficient (Wildman–Crippen LogP) is 5.83. The van der Waals surface area contributed by atoms with E-state index in [1.165, 1.54) is 68.1 Å². The Labute approximate surface area is 126 Å². The molecule has 1 unspecified atom stereocenters. The summed E-state index contributed by atoms with van der Waals surface area (Å²) >= 11 is 0. The van der Waals surface area contributed by atoms with Crippen LogP contribution in [0.15, 0.2) is 18.2 Å². The minimum absolute atomic E-state index is 0.218. The van der Waals surface area contributed by atoms with Crippen molar-refractivity contribution in [3.8, 4) is 0 Å². The van der Waals surface area contributed by atoms with E-state index < -0.39 is 0 Å². The van der Waals surface area contributed by atoms with Crippen LogP contribution >= 0.6 is 0 Å². The first-order valence-electron chi connectivity index (χ1n) is 8.48. The molecule has 1 rings (SSSR count). The standard InChI is InChI=1S/C19H33N/c1-4-5-6-7-8-9-10-11-15-19(20)18-14-12-13-16(2)17(18)3/h12-14,19H,4-11,15,20H2,1-3H3.